The van der Waals surface area contributed by atoms with Crippen LogP contribution in [0.1, 0.15) is 25.0 Å². The number of aromatic nitrogens is 2. The molecular formula is C18H26N4O2S. The quantitative estimate of drug-likeness (QED) is 0.757. The fraction of sp³-hybridized carbons (Fsp3) is 0.500. The van der Waals surface area contributed by atoms with Crippen LogP contribution in [0.5, 0.6) is 0 Å². The average Bonchev–Trinajstić information content (AvgIpc) is 3.00. The predicted molar refractivity (Wildman–Crippen MR) is 97.7 cm³/mol. The van der Waals surface area contributed by atoms with E-state index in [0.29, 0.717) is 18.0 Å². The molecule has 1 aromatic carbocycles. The van der Waals surface area contributed by atoms with E-state index < -0.39 is 10.0 Å². The van der Waals surface area contributed by atoms with E-state index in [1.54, 1.807) is 16.4 Å². The molecule has 0 aliphatic carbocycles. The Labute approximate surface area is 150 Å². The first-order chi connectivity index (χ1) is 11.9. The predicted octanol–water partition coefficient (Wildman–Crippen LogP) is 2.11. The van der Waals surface area contributed by atoms with Crippen LogP contribution in [0.25, 0.3) is 0 Å². The van der Waals surface area contributed by atoms with Gasteiger partial charge in [-0.05, 0) is 32.5 Å². The van der Waals surface area contributed by atoms with Gasteiger partial charge in [-0.15, -0.1) is 0 Å². The number of hydrogen-bond donors (Lipinski definition) is 0. The summed E-state index contributed by atoms with van der Waals surface area (Å²) in [5.74, 6) is 0. The topological polar surface area (TPSA) is 58.4 Å². The maximum absolute atomic E-state index is 12.7. The normalized spacial score (nSPS) is 16.3. The summed E-state index contributed by atoms with van der Waals surface area (Å²) < 4.78 is 28.8. The Morgan fingerprint density at radius 2 is 1.88 bits per heavy atom. The summed E-state index contributed by atoms with van der Waals surface area (Å²) in [6.07, 6.45) is 3.95. The van der Waals surface area contributed by atoms with Gasteiger partial charge in [-0.1, -0.05) is 24.6 Å². The lowest BCUT2D eigenvalue weighted by atomic mass is 10.1. The third-order valence-corrected chi connectivity index (χ3v) is 6.65. The second-order valence-corrected chi connectivity index (χ2v) is 8.49. The smallest absolute Gasteiger partial charge is 0.243 e. The van der Waals surface area contributed by atoms with E-state index in [1.807, 2.05) is 29.9 Å². The Kier molecular flexibility index (Phi) is 5.27. The van der Waals surface area contributed by atoms with Crippen LogP contribution < -0.4 is 0 Å². The van der Waals surface area contributed by atoms with E-state index >= 15 is 0 Å². The van der Waals surface area contributed by atoms with Gasteiger partial charge in [0.15, 0.2) is 0 Å². The van der Waals surface area contributed by atoms with Crippen molar-refractivity contribution in [1.82, 2.24) is 19.0 Å². The lowest BCUT2D eigenvalue weighted by Gasteiger charge is -2.44. The molecule has 0 saturated carbocycles. The van der Waals surface area contributed by atoms with Crippen LogP contribution >= 0.6 is 0 Å². The van der Waals surface area contributed by atoms with Crippen LogP contribution in [-0.4, -0.2) is 53.1 Å². The van der Waals surface area contributed by atoms with Gasteiger partial charge in [0.2, 0.25) is 10.0 Å². The molecule has 0 N–H and O–H groups in total. The first-order valence-electron chi connectivity index (χ1n) is 8.76. The molecule has 0 radical (unpaired) electrons. The molecule has 0 unspecified atom stereocenters. The summed E-state index contributed by atoms with van der Waals surface area (Å²) in [6, 6.07) is 7.32. The highest BCUT2D eigenvalue weighted by molar-refractivity contribution is 7.89. The fourth-order valence-corrected chi connectivity index (χ4v) is 4.61. The molecule has 7 heteroatoms. The van der Waals surface area contributed by atoms with E-state index in [1.165, 1.54) is 5.56 Å². The zero-order valence-corrected chi connectivity index (χ0v) is 15.9. The zero-order valence-electron chi connectivity index (χ0n) is 15.1. The first kappa shape index (κ1) is 18.1. The second-order valence-electron chi connectivity index (χ2n) is 6.56. The van der Waals surface area contributed by atoms with Gasteiger partial charge in [0.1, 0.15) is 0 Å². The first-order valence-corrected chi connectivity index (χ1v) is 10.2. The Bertz CT molecular complexity index is 808. The molecular weight excluding hydrogens is 336 g/mol. The number of aryl methyl sites for hydroxylation is 2. The molecule has 0 spiro atoms. The number of rotatable bonds is 7. The average molecular weight is 362 g/mol. The molecule has 3 rings (SSSR count). The monoisotopic (exact) mass is 362 g/mol. The largest absolute Gasteiger partial charge is 0.294 e. The highest BCUT2D eigenvalue weighted by Crippen LogP contribution is 2.25. The highest BCUT2D eigenvalue weighted by atomic mass is 32.2. The van der Waals surface area contributed by atoms with Crippen molar-refractivity contribution in [2.24, 2.45) is 0 Å². The van der Waals surface area contributed by atoms with Crippen molar-refractivity contribution < 1.29 is 8.42 Å². The van der Waals surface area contributed by atoms with Crippen LogP contribution in [0.4, 0.5) is 0 Å². The van der Waals surface area contributed by atoms with E-state index in [9.17, 15) is 8.42 Å². The molecule has 1 aliphatic heterocycles. The van der Waals surface area contributed by atoms with Crippen molar-refractivity contribution in [3.05, 3.63) is 47.8 Å². The summed E-state index contributed by atoms with van der Waals surface area (Å²) in [6.45, 7) is 9.78. The van der Waals surface area contributed by atoms with Gasteiger partial charge in [-0.2, -0.15) is 9.40 Å². The number of benzene rings is 1. The SMILES string of the molecule is CCN(Cc1cnn(CC)c1)C1CN(S(=O)(=O)c2ccc(C)cc2)C1. The molecule has 1 aliphatic rings. The highest BCUT2D eigenvalue weighted by Gasteiger charge is 2.39. The Morgan fingerprint density at radius 1 is 1.20 bits per heavy atom. The molecule has 0 bridgehead atoms. The lowest BCUT2D eigenvalue weighted by molar-refractivity contribution is 0.0863. The van der Waals surface area contributed by atoms with Crippen molar-refractivity contribution in [1.29, 1.82) is 0 Å². The molecule has 0 amide bonds. The number of nitrogens with zero attached hydrogens (tertiary/aromatic N) is 4. The number of sulfonamides is 1. The van der Waals surface area contributed by atoms with Crippen molar-refractivity contribution >= 4 is 10.0 Å². The lowest BCUT2D eigenvalue weighted by Crippen LogP contribution is -2.60. The Morgan fingerprint density at radius 3 is 2.44 bits per heavy atom. The zero-order chi connectivity index (χ0) is 18.0. The van der Waals surface area contributed by atoms with Crippen molar-refractivity contribution in [3.63, 3.8) is 0 Å². The summed E-state index contributed by atoms with van der Waals surface area (Å²) in [5.41, 5.74) is 2.23. The Balaban J connectivity index is 1.62. The minimum atomic E-state index is -3.38. The summed E-state index contributed by atoms with van der Waals surface area (Å²) in [7, 11) is -3.38. The van der Waals surface area contributed by atoms with E-state index in [0.717, 1.165) is 25.2 Å². The van der Waals surface area contributed by atoms with Crippen molar-refractivity contribution in [2.75, 3.05) is 19.6 Å². The number of likely N-dealkylation sites (N-methyl/N-ethyl adjacent to an activating group) is 1. The van der Waals surface area contributed by atoms with Crippen LogP contribution in [0.3, 0.4) is 0 Å². The van der Waals surface area contributed by atoms with E-state index in [2.05, 4.69) is 30.0 Å². The summed E-state index contributed by atoms with van der Waals surface area (Å²) >= 11 is 0. The molecule has 25 heavy (non-hydrogen) atoms. The van der Waals surface area contributed by atoms with Crippen LogP contribution in [-0.2, 0) is 23.1 Å². The van der Waals surface area contributed by atoms with Crippen LogP contribution in [0.2, 0.25) is 0 Å². The third-order valence-electron chi connectivity index (χ3n) is 4.81. The molecule has 0 atom stereocenters. The molecule has 1 aromatic heterocycles. The van der Waals surface area contributed by atoms with Gasteiger partial charge in [0.25, 0.3) is 0 Å². The molecule has 6 nitrogen and oxygen atoms in total. The molecule has 2 aromatic rings. The fourth-order valence-electron chi connectivity index (χ4n) is 3.10. The molecule has 1 saturated heterocycles. The van der Waals surface area contributed by atoms with Gasteiger partial charge in [0, 0.05) is 44.0 Å². The minimum Gasteiger partial charge on any atom is -0.294 e. The third kappa shape index (κ3) is 3.78. The maximum Gasteiger partial charge on any atom is 0.243 e. The number of hydrogen-bond acceptors (Lipinski definition) is 4. The van der Waals surface area contributed by atoms with Crippen LogP contribution in [0.15, 0.2) is 41.6 Å². The standard InChI is InChI=1S/C18H26N4O2S/c1-4-20(11-16-10-19-21(5-2)12-16)17-13-22(14-17)25(23,24)18-8-6-15(3)7-9-18/h6-10,12,17H,4-5,11,13-14H2,1-3H3. The summed E-state index contributed by atoms with van der Waals surface area (Å²) in [4.78, 5) is 2.70. The molecule has 2 heterocycles. The van der Waals surface area contributed by atoms with Gasteiger partial charge >= 0.3 is 0 Å². The second kappa shape index (κ2) is 7.27. The van der Waals surface area contributed by atoms with Gasteiger partial charge in [0.05, 0.1) is 11.1 Å². The van der Waals surface area contributed by atoms with Crippen LogP contribution in [0, 0.1) is 6.92 Å². The Hall–Kier alpha value is -1.70. The maximum atomic E-state index is 12.7. The molecule has 1 fully saturated rings. The van der Waals surface area contributed by atoms with E-state index in [4.69, 9.17) is 0 Å². The minimum absolute atomic E-state index is 0.259. The van der Waals surface area contributed by atoms with Crippen molar-refractivity contribution in [2.45, 2.75) is 44.8 Å². The summed E-state index contributed by atoms with van der Waals surface area (Å²) in [5, 5.41) is 4.31. The van der Waals surface area contributed by atoms with Crippen molar-refractivity contribution in [3.8, 4) is 0 Å². The van der Waals surface area contributed by atoms with Gasteiger partial charge in [-0.3, -0.25) is 9.58 Å². The van der Waals surface area contributed by atoms with Gasteiger partial charge in [-0.25, -0.2) is 8.42 Å². The molecule has 136 valence electrons. The van der Waals surface area contributed by atoms with Gasteiger partial charge < -0.3 is 0 Å². The van der Waals surface area contributed by atoms with E-state index in [-0.39, 0.29) is 6.04 Å².